The number of ether oxygens (including phenoxy) is 2. The molecule has 2 unspecified atom stereocenters. The molecule has 0 fully saturated rings. The lowest BCUT2D eigenvalue weighted by Crippen LogP contribution is -2.34. The van der Waals surface area contributed by atoms with Gasteiger partial charge in [-0.25, -0.2) is 0 Å². The van der Waals surface area contributed by atoms with Crippen molar-refractivity contribution in [3.63, 3.8) is 0 Å². The molecule has 0 bridgehead atoms. The van der Waals surface area contributed by atoms with Crippen LogP contribution in [0, 0.1) is 5.92 Å². The molecule has 4 heteroatoms. The predicted octanol–water partition coefficient (Wildman–Crippen LogP) is 2.91. The maximum atomic E-state index is 10.2. The van der Waals surface area contributed by atoms with Gasteiger partial charge in [-0.15, -0.1) is 0 Å². The molecule has 0 saturated heterocycles. The summed E-state index contributed by atoms with van der Waals surface area (Å²) in [7, 11) is 0. The molecule has 0 aliphatic carbocycles. The smallest absolute Gasteiger partial charge is 0.161 e. The molecule has 0 amide bonds. The summed E-state index contributed by atoms with van der Waals surface area (Å²) in [4.78, 5) is 0. The van der Waals surface area contributed by atoms with Gasteiger partial charge in [0.2, 0.25) is 0 Å². The molecule has 1 aromatic rings. The third-order valence-corrected chi connectivity index (χ3v) is 4.29. The van der Waals surface area contributed by atoms with Crippen molar-refractivity contribution in [2.75, 3.05) is 19.8 Å². The average Bonchev–Trinajstić information content (AvgIpc) is 2.53. The summed E-state index contributed by atoms with van der Waals surface area (Å²) in [5.74, 6) is 1.99. The van der Waals surface area contributed by atoms with Crippen molar-refractivity contribution < 1.29 is 14.6 Å². The maximum Gasteiger partial charge on any atom is 0.161 e. The molecule has 0 aromatic heterocycles. The van der Waals surface area contributed by atoms with Crippen molar-refractivity contribution in [1.29, 1.82) is 0 Å². The summed E-state index contributed by atoms with van der Waals surface area (Å²) < 4.78 is 11.1. The molecule has 1 heterocycles. The quantitative estimate of drug-likeness (QED) is 0.811. The Morgan fingerprint density at radius 2 is 1.81 bits per heavy atom. The van der Waals surface area contributed by atoms with Crippen molar-refractivity contribution >= 4 is 0 Å². The Morgan fingerprint density at radius 1 is 1.14 bits per heavy atom. The fourth-order valence-electron chi connectivity index (χ4n) is 2.74. The van der Waals surface area contributed by atoms with Crippen LogP contribution in [0.25, 0.3) is 0 Å². The maximum absolute atomic E-state index is 10.2. The highest BCUT2D eigenvalue weighted by Crippen LogP contribution is 2.32. The second kappa shape index (κ2) is 7.66. The Morgan fingerprint density at radius 3 is 2.48 bits per heavy atom. The Labute approximate surface area is 127 Å². The number of rotatable bonds is 7. The number of hydrogen-bond donors (Lipinski definition) is 2. The predicted molar refractivity (Wildman–Crippen MR) is 83.9 cm³/mol. The van der Waals surface area contributed by atoms with E-state index in [4.69, 9.17) is 9.47 Å². The van der Waals surface area contributed by atoms with Crippen LogP contribution >= 0.6 is 0 Å². The van der Waals surface area contributed by atoms with E-state index in [0.29, 0.717) is 25.7 Å². The van der Waals surface area contributed by atoms with E-state index in [0.717, 1.165) is 29.9 Å². The molecule has 118 valence electrons. The van der Waals surface area contributed by atoms with E-state index in [1.54, 1.807) is 0 Å². The van der Waals surface area contributed by atoms with Crippen LogP contribution in [0.3, 0.4) is 0 Å². The minimum atomic E-state index is -0.292. The van der Waals surface area contributed by atoms with Crippen LogP contribution in [0.1, 0.15) is 45.2 Å². The summed E-state index contributed by atoms with van der Waals surface area (Å²) in [6.07, 6.45) is 1.73. The van der Waals surface area contributed by atoms with Gasteiger partial charge in [0.1, 0.15) is 13.2 Å². The topological polar surface area (TPSA) is 50.7 Å². The molecule has 2 atom stereocenters. The summed E-state index contributed by atoms with van der Waals surface area (Å²) in [6, 6.07) is 6.20. The highest BCUT2D eigenvalue weighted by atomic mass is 16.6. The number of benzene rings is 1. The fraction of sp³-hybridized carbons (Fsp3) is 0.647. The van der Waals surface area contributed by atoms with E-state index in [-0.39, 0.29) is 12.1 Å². The molecule has 0 spiro atoms. The van der Waals surface area contributed by atoms with Crippen LogP contribution < -0.4 is 14.8 Å². The summed E-state index contributed by atoms with van der Waals surface area (Å²) >= 11 is 0. The molecule has 1 aliphatic heterocycles. The fourth-order valence-corrected chi connectivity index (χ4v) is 2.74. The zero-order valence-electron chi connectivity index (χ0n) is 13.3. The van der Waals surface area contributed by atoms with Gasteiger partial charge in [0.05, 0.1) is 6.10 Å². The monoisotopic (exact) mass is 293 g/mol. The highest BCUT2D eigenvalue weighted by Gasteiger charge is 2.18. The number of aliphatic hydroxyl groups excluding tert-OH is 1. The Kier molecular flexibility index (Phi) is 5.88. The molecule has 1 aliphatic rings. The van der Waals surface area contributed by atoms with E-state index in [9.17, 15) is 5.11 Å². The van der Waals surface area contributed by atoms with Crippen LogP contribution in [0.4, 0.5) is 0 Å². The first-order valence-electron chi connectivity index (χ1n) is 7.96. The van der Waals surface area contributed by atoms with E-state index in [1.807, 2.05) is 12.1 Å². The van der Waals surface area contributed by atoms with Crippen LogP contribution in [0.2, 0.25) is 0 Å². The van der Waals surface area contributed by atoms with Crippen molar-refractivity contribution in [2.45, 2.75) is 45.8 Å². The molecule has 21 heavy (non-hydrogen) atoms. The molecular formula is C17H27NO3. The normalized spacial score (nSPS) is 16.8. The second-order valence-corrected chi connectivity index (χ2v) is 5.68. The van der Waals surface area contributed by atoms with Gasteiger partial charge in [0, 0.05) is 12.6 Å². The number of aliphatic hydroxyl groups is 1. The van der Waals surface area contributed by atoms with Gasteiger partial charge in [-0.2, -0.15) is 0 Å². The molecule has 4 nitrogen and oxygen atoms in total. The van der Waals surface area contributed by atoms with E-state index in [2.05, 4.69) is 32.2 Å². The van der Waals surface area contributed by atoms with Gasteiger partial charge >= 0.3 is 0 Å². The number of nitrogens with one attached hydrogen (secondary N) is 1. The third-order valence-electron chi connectivity index (χ3n) is 4.29. The van der Waals surface area contributed by atoms with Crippen LogP contribution in [-0.4, -0.2) is 31.0 Å². The standard InChI is InChI=1S/C17H27NO3/c1-4-13(5-2)15(19)11-18-12(3)14-6-7-16-17(10-14)21-9-8-20-16/h6-7,10,12-13,15,18-19H,4-5,8-9,11H2,1-3H3. The van der Waals surface area contributed by atoms with Crippen molar-refractivity contribution in [3.05, 3.63) is 23.8 Å². The lowest BCUT2D eigenvalue weighted by molar-refractivity contribution is 0.0988. The first-order valence-corrected chi connectivity index (χ1v) is 7.96. The lowest BCUT2D eigenvalue weighted by atomic mass is 9.96. The van der Waals surface area contributed by atoms with Crippen LogP contribution in [0.5, 0.6) is 11.5 Å². The highest BCUT2D eigenvalue weighted by molar-refractivity contribution is 5.44. The molecule has 2 N–H and O–H groups in total. The van der Waals surface area contributed by atoms with Gasteiger partial charge in [0.15, 0.2) is 11.5 Å². The minimum absolute atomic E-state index is 0.171. The van der Waals surface area contributed by atoms with E-state index >= 15 is 0 Å². The van der Waals surface area contributed by atoms with Gasteiger partial charge in [0.25, 0.3) is 0 Å². The Hall–Kier alpha value is -1.26. The van der Waals surface area contributed by atoms with Gasteiger partial charge < -0.3 is 19.9 Å². The summed E-state index contributed by atoms with van der Waals surface area (Å²) in [6.45, 7) is 8.18. The summed E-state index contributed by atoms with van der Waals surface area (Å²) in [5.41, 5.74) is 1.15. The Bertz CT molecular complexity index is 446. The van der Waals surface area contributed by atoms with E-state index < -0.39 is 0 Å². The summed E-state index contributed by atoms with van der Waals surface area (Å²) in [5, 5.41) is 13.6. The third kappa shape index (κ3) is 4.11. The molecule has 1 aromatic carbocycles. The molecule has 2 rings (SSSR count). The molecule has 0 radical (unpaired) electrons. The van der Waals surface area contributed by atoms with Crippen LogP contribution in [-0.2, 0) is 0 Å². The van der Waals surface area contributed by atoms with Crippen molar-refractivity contribution in [2.24, 2.45) is 5.92 Å². The molecular weight excluding hydrogens is 266 g/mol. The van der Waals surface area contributed by atoms with E-state index in [1.165, 1.54) is 0 Å². The number of hydrogen-bond acceptors (Lipinski definition) is 4. The second-order valence-electron chi connectivity index (χ2n) is 5.68. The largest absolute Gasteiger partial charge is 0.486 e. The van der Waals surface area contributed by atoms with Gasteiger partial charge in [-0.1, -0.05) is 32.8 Å². The zero-order chi connectivity index (χ0) is 15.2. The van der Waals surface area contributed by atoms with Crippen molar-refractivity contribution in [3.8, 4) is 11.5 Å². The first kappa shape index (κ1) is 16.1. The average molecular weight is 293 g/mol. The van der Waals surface area contributed by atoms with Crippen molar-refractivity contribution in [1.82, 2.24) is 5.32 Å². The zero-order valence-corrected chi connectivity index (χ0v) is 13.3. The van der Waals surface area contributed by atoms with Gasteiger partial charge in [-0.3, -0.25) is 0 Å². The Balaban J connectivity index is 1.92. The SMILES string of the molecule is CCC(CC)C(O)CNC(C)c1ccc2c(c1)OCCO2. The minimum Gasteiger partial charge on any atom is -0.486 e. The lowest BCUT2D eigenvalue weighted by Gasteiger charge is -2.24. The number of fused-ring (bicyclic) bond motifs is 1. The first-order chi connectivity index (χ1) is 10.2. The molecule has 0 saturated carbocycles. The van der Waals surface area contributed by atoms with Gasteiger partial charge in [-0.05, 0) is 30.5 Å². The van der Waals surface area contributed by atoms with Crippen LogP contribution in [0.15, 0.2) is 18.2 Å².